The third-order valence-corrected chi connectivity index (χ3v) is 5.37. The summed E-state index contributed by atoms with van der Waals surface area (Å²) in [5.41, 5.74) is 3.43. The van der Waals surface area contributed by atoms with Crippen molar-refractivity contribution in [3.05, 3.63) is 93.7 Å². The number of ketones is 1. The summed E-state index contributed by atoms with van der Waals surface area (Å²) in [6.45, 7) is 0.135. The van der Waals surface area contributed by atoms with Crippen LogP contribution in [0, 0.1) is 0 Å². The van der Waals surface area contributed by atoms with E-state index in [0.717, 1.165) is 21.6 Å². The first-order valence-electron chi connectivity index (χ1n) is 8.90. The number of thiophene rings is 1. The quantitative estimate of drug-likeness (QED) is 0.733. The van der Waals surface area contributed by atoms with E-state index in [-0.39, 0.29) is 18.8 Å². The van der Waals surface area contributed by atoms with Gasteiger partial charge in [0.1, 0.15) is 6.61 Å². The lowest BCUT2D eigenvalue weighted by molar-refractivity contribution is -0.120. The molecule has 1 aliphatic heterocycles. The highest BCUT2D eigenvalue weighted by molar-refractivity contribution is 7.12. The molecular weight excluding hydrogens is 372 g/mol. The summed E-state index contributed by atoms with van der Waals surface area (Å²) in [6.07, 6.45) is -1.41. The van der Waals surface area contributed by atoms with Crippen molar-refractivity contribution in [2.24, 2.45) is 4.99 Å². The van der Waals surface area contributed by atoms with Gasteiger partial charge in [0.2, 0.25) is 0 Å². The van der Waals surface area contributed by atoms with E-state index in [1.54, 1.807) is 11.3 Å². The number of aliphatic imine (C=N–C) groups is 1. The van der Waals surface area contributed by atoms with Crippen LogP contribution in [-0.4, -0.2) is 23.8 Å². The fourth-order valence-electron chi connectivity index (χ4n) is 3.02. The molecule has 5 nitrogen and oxygen atoms in total. The molecule has 1 amide bonds. The van der Waals surface area contributed by atoms with Crippen LogP contribution < -0.4 is 5.32 Å². The van der Waals surface area contributed by atoms with E-state index in [9.17, 15) is 9.59 Å². The van der Waals surface area contributed by atoms with E-state index in [1.165, 1.54) is 0 Å². The van der Waals surface area contributed by atoms with Gasteiger partial charge < -0.3 is 4.74 Å². The molecule has 1 aromatic heterocycles. The summed E-state index contributed by atoms with van der Waals surface area (Å²) in [7, 11) is 0. The Morgan fingerprint density at radius 1 is 1.07 bits per heavy atom. The SMILES string of the molecule is O=C(NC1N=C(c2ccccc2)c2sccc2CC1=O)OCc1ccccc1. The van der Waals surface area contributed by atoms with E-state index < -0.39 is 12.3 Å². The van der Waals surface area contributed by atoms with Crippen LogP contribution in [-0.2, 0) is 22.6 Å². The molecule has 0 fully saturated rings. The number of rotatable bonds is 4. The number of benzene rings is 2. The maximum atomic E-state index is 12.7. The largest absolute Gasteiger partial charge is 0.445 e. The number of hydrogen-bond acceptors (Lipinski definition) is 5. The fourth-order valence-corrected chi connectivity index (χ4v) is 3.96. The van der Waals surface area contributed by atoms with Gasteiger partial charge in [-0.15, -0.1) is 11.3 Å². The van der Waals surface area contributed by atoms with Crippen LogP contribution in [0.4, 0.5) is 4.79 Å². The Balaban J connectivity index is 1.55. The van der Waals surface area contributed by atoms with Crippen LogP contribution in [0.2, 0.25) is 0 Å². The molecule has 0 bridgehead atoms. The third kappa shape index (κ3) is 4.02. The average molecular weight is 390 g/mol. The Kier molecular flexibility index (Phi) is 5.30. The van der Waals surface area contributed by atoms with Gasteiger partial charge in [-0.3, -0.25) is 15.1 Å². The monoisotopic (exact) mass is 390 g/mol. The van der Waals surface area contributed by atoms with Gasteiger partial charge in [-0.1, -0.05) is 60.7 Å². The first-order valence-corrected chi connectivity index (χ1v) is 9.78. The zero-order chi connectivity index (χ0) is 19.3. The summed E-state index contributed by atoms with van der Waals surface area (Å²) in [4.78, 5) is 30.5. The minimum absolute atomic E-state index is 0.135. The number of fused-ring (bicyclic) bond motifs is 1. The van der Waals surface area contributed by atoms with E-state index in [1.807, 2.05) is 72.1 Å². The van der Waals surface area contributed by atoms with Gasteiger partial charge in [-0.05, 0) is 22.6 Å². The molecule has 6 heteroatoms. The van der Waals surface area contributed by atoms with Crippen molar-refractivity contribution >= 4 is 28.9 Å². The van der Waals surface area contributed by atoms with E-state index in [2.05, 4.69) is 10.3 Å². The first-order chi connectivity index (χ1) is 13.7. The molecule has 4 rings (SSSR count). The number of nitrogens with one attached hydrogen (secondary N) is 1. The van der Waals surface area contributed by atoms with Gasteiger partial charge in [0.05, 0.1) is 10.6 Å². The lowest BCUT2D eigenvalue weighted by Gasteiger charge is -2.13. The lowest BCUT2D eigenvalue weighted by Crippen LogP contribution is -2.40. The Hall–Kier alpha value is -3.25. The van der Waals surface area contributed by atoms with Gasteiger partial charge in [-0.2, -0.15) is 0 Å². The molecule has 1 N–H and O–H groups in total. The zero-order valence-electron chi connectivity index (χ0n) is 15.0. The molecule has 3 aromatic rings. The number of Topliss-reactive ketones (excluding diaryl/α,β-unsaturated/α-hetero) is 1. The molecule has 2 heterocycles. The molecule has 0 radical (unpaired) electrons. The Morgan fingerprint density at radius 2 is 1.79 bits per heavy atom. The highest BCUT2D eigenvalue weighted by Gasteiger charge is 2.28. The van der Waals surface area contributed by atoms with Crippen molar-refractivity contribution in [1.82, 2.24) is 5.32 Å². The van der Waals surface area contributed by atoms with Crippen molar-refractivity contribution < 1.29 is 14.3 Å². The predicted octanol–water partition coefficient (Wildman–Crippen LogP) is 3.96. The summed E-state index contributed by atoms with van der Waals surface area (Å²) in [5, 5.41) is 4.57. The molecule has 0 aliphatic carbocycles. The second-order valence-electron chi connectivity index (χ2n) is 6.37. The number of carbonyl (C=O) groups is 2. The van der Waals surface area contributed by atoms with Crippen LogP contribution in [0.5, 0.6) is 0 Å². The predicted molar refractivity (Wildman–Crippen MR) is 109 cm³/mol. The summed E-state index contributed by atoms with van der Waals surface area (Å²) in [6, 6.07) is 21.0. The molecular formula is C22H18N2O3S. The van der Waals surface area contributed by atoms with Gasteiger partial charge in [0.15, 0.2) is 11.9 Å². The van der Waals surface area contributed by atoms with Gasteiger partial charge >= 0.3 is 6.09 Å². The minimum Gasteiger partial charge on any atom is -0.445 e. The Bertz CT molecular complexity index is 1010. The number of nitrogens with zero attached hydrogens (tertiary/aromatic N) is 1. The van der Waals surface area contributed by atoms with Crippen molar-refractivity contribution in [3.63, 3.8) is 0 Å². The van der Waals surface area contributed by atoms with Crippen LogP contribution >= 0.6 is 11.3 Å². The molecule has 28 heavy (non-hydrogen) atoms. The van der Waals surface area contributed by atoms with Gasteiger partial charge in [0.25, 0.3) is 0 Å². The lowest BCUT2D eigenvalue weighted by atomic mass is 10.0. The van der Waals surface area contributed by atoms with Crippen LogP contribution in [0.25, 0.3) is 0 Å². The average Bonchev–Trinajstić information content (AvgIpc) is 3.13. The molecule has 2 aromatic carbocycles. The van der Waals surface area contributed by atoms with E-state index in [0.29, 0.717) is 5.71 Å². The Labute approximate surface area is 166 Å². The second-order valence-corrected chi connectivity index (χ2v) is 7.29. The molecule has 0 saturated carbocycles. The van der Waals surface area contributed by atoms with Crippen molar-refractivity contribution in [2.45, 2.75) is 19.2 Å². The number of ether oxygens (including phenoxy) is 1. The second kappa shape index (κ2) is 8.19. The van der Waals surface area contributed by atoms with Crippen LogP contribution in [0.3, 0.4) is 0 Å². The smallest absolute Gasteiger partial charge is 0.409 e. The van der Waals surface area contributed by atoms with Crippen molar-refractivity contribution in [2.75, 3.05) is 0 Å². The maximum absolute atomic E-state index is 12.7. The zero-order valence-corrected chi connectivity index (χ0v) is 15.8. The normalized spacial score (nSPS) is 15.9. The number of carbonyl (C=O) groups excluding carboxylic acids is 2. The molecule has 1 unspecified atom stereocenters. The van der Waals surface area contributed by atoms with Crippen LogP contribution in [0.1, 0.15) is 21.6 Å². The Morgan fingerprint density at radius 3 is 2.54 bits per heavy atom. The molecule has 0 spiro atoms. The molecule has 1 aliphatic rings. The van der Waals surface area contributed by atoms with Crippen molar-refractivity contribution in [3.8, 4) is 0 Å². The first kappa shape index (κ1) is 18.1. The minimum atomic E-state index is -0.974. The topological polar surface area (TPSA) is 67.8 Å². The summed E-state index contributed by atoms with van der Waals surface area (Å²) in [5.74, 6) is -0.165. The fraction of sp³-hybridized carbons (Fsp3) is 0.136. The van der Waals surface area contributed by atoms with Crippen LogP contribution in [0.15, 0.2) is 77.1 Å². The maximum Gasteiger partial charge on any atom is 0.409 e. The highest BCUT2D eigenvalue weighted by atomic mass is 32.1. The molecule has 1 atom stereocenters. The standard InChI is InChI=1S/C22H18N2O3S/c25-18-13-17-11-12-28-20(17)19(16-9-5-2-6-10-16)23-21(18)24-22(26)27-14-15-7-3-1-4-8-15/h1-12,21H,13-14H2,(H,24,26). The van der Waals surface area contributed by atoms with Gasteiger partial charge in [-0.25, -0.2) is 4.79 Å². The number of alkyl carbamates (subject to hydrolysis) is 1. The van der Waals surface area contributed by atoms with E-state index >= 15 is 0 Å². The summed E-state index contributed by atoms with van der Waals surface area (Å²) < 4.78 is 5.25. The summed E-state index contributed by atoms with van der Waals surface area (Å²) >= 11 is 1.55. The number of amides is 1. The van der Waals surface area contributed by atoms with Crippen molar-refractivity contribution in [1.29, 1.82) is 0 Å². The van der Waals surface area contributed by atoms with Gasteiger partial charge in [0, 0.05) is 12.0 Å². The molecule has 0 saturated heterocycles. The molecule has 140 valence electrons. The highest BCUT2D eigenvalue weighted by Crippen LogP contribution is 2.25. The third-order valence-electron chi connectivity index (χ3n) is 4.40. The number of hydrogen-bond donors (Lipinski definition) is 1. The van der Waals surface area contributed by atoms with E-state index in [4.69, 9.17) is 4.74 Å².